The van der Waals surface area contributed by atoms with Gasteiger partial charge in [0.2, 0.25) is 5.91 Å². The van der Waals surface area contributed by atoms with Crippen LogP contribution in [-0.4, -0.2) is 61.5 Å². The predicted molar refractivity (Wildman–Crippen MR) is 80.8 cm³/mol. The molecule has 0 aromatic rings. The number of hydrogen-bond donors (Lipinski definition) is 0. The summed E-state index contributed by atoms with van der Waals surface area (Å²) in [5.41, 5.74) is 0. The highest BCUT2D eigenvalue weighted by molar-refractivity contribution is 5.79. The fourth-order valence-electron chi connectivity index (χ4n) is 3.30. The standard InChI is InChI=1S/C16H28N2O3/c1-21-15(19)8-13-17-11-6-14(7-12-17)16(20)18-9-4-2-3-5-10-18/h14H,2-13H2,1H3. The van der Waals surface area contributed by atoms with E-state index in [0.717, 1.165) is 58.4 Å². The van der Waals surface area contributed by atoms with Gasteiger partial charge in [0.05, 0.1) is 13.5 Å². The van der Waals surface area contributed by atoms with Crippen molar-refractivity contribution in [3.8, 4) is 0 Å². The summed E-state index contributed by atoms with van der Waals surface area (Å²) < 4.78 is 4.67. The van der Waals surface area contributed by atoms with Crippen LogP contribution in [0.3, 0.4) is 0 Å². The molecule has 2 heterocycles. The van der Waals surface area contributed by atoms with Crippen molar-refractivity contribution in [1.82, 2.24) is 9.80 Å². The number of carbonyl (C=O) groups excluding carboxylic acids is 2. The number of likely N-dealkylation sites (tertiary alicyclic amines) is 2. The van der Waals surface area contributed by atoms with Crippen LogP contribution in [0.5, 0.6) is 0 Å². The van der Waals surface area contributed by atoms with Gasteiger partial charge in [-0.1, -0.05) is 12.8 Å². The number of rotatable bonds is 4. The van der Waals surface area contributed by atoms with Crippen molar-refractivity contribution in [2.75, 3.05) is 39.8 Å². The number of methoxy groups -OCH3 is 1. The summed E-state index contributed by atoms with van der Waals surface area (Å²) in [5.74, 6) is 0.403. The van der Waals surface area contributed by atoms with Crippen molar-refractivity contribution >= 4 is 11.9 Å². The molecule has 0 atom stereocenters. The first kappa shape index (κ1) is 16.3. The van der Waals surface area contributed by atoms with Gasteiger partial charge in [-0.05, 0) is 38.8 Å². The normalized spacial score (nSPS) is 21.9. The van der Waals surface area contributed by atoms with E-state index in [-0.39, 0.29) is 11.9 Å². The van der Waals surface area contributed by atoms with E-state index in [1.54, 1.807) is 0 Å². The Balaban J connectivity index is 1.72. The highest BCUT2D eigenvalue weighted by Crippen LogP contribution is 2.21. The molecule has 2 rings (SSSR count). The molecule has 2 aliphatic heterocycles. The summed E-state index contributed by atoms with van der Waals surface area (Å²) in [4.78, 5) is 28.1. The van der Waals surface area contributed by atoms with Crippen LogP contribution in [-0.2, 0) is 14.3 Å². The largest absolute Gasteiger partial charge is 0.469 e. The quantitative estimate of drug-likeness (QED) is 0.740. The maximum absolute atomic E-state index is 12.6. The van der Waals surface area contributed by atoms with E-state index in [1.807, 2.05) is 0 Å². The van der Waals surface area contributed by atoms with Gasteiger partial charge in [0, 0.05) is 25.6 Å². The Morgan fingerprint density at radius 3 is 2.19 bits per heavy atom. The van der Waals surface area contributed by atoms with Gasteiger partial charge < -0.3 is 14.5 Å². The minimum Gasteiger partial charge on any atom is -0.469 e. The van der Waals surface area contributed by atoms with Crippen molar-refractivity contribution in [1.29, 1.82) is 0 Å². The SMILES string of the molecule is COC(=O)CCN1CCC(C(=O)N2CCCCCC2)CC1. The molecule has 0 aromatic carbocycles. The first-order chi connectivity index (χ1) is 10.2. The van der Waals surface area contributed by atoms with Crippen LogP contribution in [0.15, 0.2) is 0 Å². The third-order valence-electron chi connectivity index (χ3n) is 4.71. The van der Waals surface area contributed by atoms with Crippen LogP contribution in [0, 0.1) is 5.92 Å². The van der Waals surface area contributed by atoms with E-state index in [4.69, 9.17) is 0 Å². The van der Waals surface area contributed by atoms with Crippen LogP contribution >= 0.6 is 0 Å². The molecule has 5 heteroatoms. The van der Waals surface area contributed by atoms with Gasteiger partial charge in [-0.2, -0.15) is 0 Å². The van der Waals surface area contributed by atoms with Crippen molar-refractivity contribution in [3.63, 3.8) is 0 Å². The number of ether oxygens (including phenoxy) is 1. The molecule has 0 saturated carbocycles. The predicted octanol–water partition coefficient (Wildman–Crippen LogP) is 1.66. The maximum atomic E-state index is 12.6. The molecule has 1 amide bonds. The molecular formula is C16H28N2O3. The Kier molecular flexibility index (Phi) is 6.49. The Bertz CT molecular complexity index is 343. The van der Waals surface area contributed by atoms with E-state index in [1.165, 1.54) is 20.0 Å². The molecule has 0 radical (unpaired) electrons. The minimum absolute atomic E-state index is 0.155. The number of piperidine rings is 1. The van der Waals surface area contributed by atoms with E-state index in [0.29, 0.717) is 12.3 Å². The molecule has 5 nitrogen and oxygen atoms in total. The number of amides is 1. The van der Waals surface area contributed by atoms with E-state index in [9.17, 15) is 9.59 Å². The Hall–Kier alpha value is -1.10. The summed E-state index contributed by atoms with van der Waals surface area (Å²) in [6.07, 6.45) is 7.13. The first-order valence-corrected chi connectivity index (χ1v) is 8.28. The molecule has 0 unspecified atom stereocenters. The molecule has 120 valence electrons. The lowest BCUT2D eigenvalue weighted by Crippen LogP contribution is -2.43. The minimum atomic E-state index is -0.155. The Morgan fingerprint density at radius 2 is 1.62 bits per heavy atom. The topological polar surface area (TPSA) is 49.9 Å². The third kappa shape index (κ3) is 4.99. The van der Waals surface area contributed by atoms with Crippen LogP contribution in [0.4, 0.5) is 0 Å². The zero-order valence-corrected chi connectivity index (χ0v) is 13.2. The number of esters is 1. The summed E-state index contributed by atoms with van der Waals surface area (Å²) in [5, 5.41) is 0. The first-order valence-electron chi connectivity index (χ1n) is 8.28. The molecule has 21 heavy (non-hydrogen) atoms. The van der Waals surface area contributed by atoms with Gasteiger partial charge in [0.1, 0.15) is 0 Å². The molecule has 0 bridgehead atoms. The van der Waals surface area contributed by atoms with Crippen LogP contribution < -0.4 is 0 Å². The van der Waals surface area contributed by atoms with Gasteiger partial charge in [-0.3, -0.25) is 9.59 Å². The zero-order valence-electron chi connectivity index (χ0n) is 13.2. The van der Waals surface area contributed by atoms with Gasteiger partial charge >= 0.3 is 5.97 Å². The highest BCUT2D eigenvalue weighted by atomic mass is 16.5. The van der Waals surface area contributed by atoms with Gasteiger partial charge in [-0.15, -0.1) is 0 Å². The average Bonchev–Trinajstić information content (AvgIpc) is 2.81. The Labute approximate surface area is 127 Å². The summed E-state index contributed by atoms with van der Waals surface area (Å²) >= 11 is 0. The molecule has 0 N–H and O–H groups in total. The van der Waals surface area contributed by atoms with E-state index in [2.05, 4.69) is 14.5 Å². The van der Waals surface area contributed by atoms with E-state index >= 15 is 0 Å². The molecule has 0 aromatic heterocycles. The van der Waals surface area contributed by atoms with Gasteiger partial charge in [0.15, 0.2) is 0 Å². The van der Waals surface area contributed by atoms with Crippen LogP contribution in [0.25, 0.3) is 0 Å². The second-order valence-electron chi connectivity index (χ2n) is 6.18. The highest BCUT2D eigenvalue weighted by Gasteiger charge is 2.28. The molecule has 0 spiro atoms. The zero-order chi connectivity index (χ0) is 15.1. The fourth-order valence-corrected chi connectivity index (χ4v) is 3.30. The molecular weight excluding hydrogens is 268 g/mol. The number of nitrogens with zero attached hydrogens (tertiary/aromatic N) is 2. The van der Waals surface area contributed by atoms with Gasteiger partial charge in [0.25, 0.3) is 0 Å². The third-order valence-corrected chi connectivity index (χ3v) is 4.71. The summed E-state index contributed by atoms with van der Waals surface area (Å²) in [6, 6.07) is 0. The summed E-state index contributed by atoms with van der Waals surface area (Å²) in [6.45, 7) is 4.47. The van der Waals surface area contributed by atoms with Crippen molar-refractivity contribution in [2.24, 2.45) is 5.92 Å². The molecule has 0 aliphatic carbocycles. The molecule has 2 fully saturated rings. The van der Waals surface area contributed by atoms with Gasteiger partial charge in [-0.25, -0.2) is 0 Å². The monoisotopic (exact) mass is 296 g/mol. The van der Waals surface area contributed by atoms with E-state index < -0.39 is 0 Å². The van der Waals surface area contributed by atoms with Crippen molar-refractivity contribution < 1.29 is 14.3 Å². The maximum Gasteiger partial charge on any atom is 0.306 e. The lowest BCUT2D eigenvalue weighted by atomic mass is 9.95. The molecule has 2 saturated heterocycles. The Morgan fingerprint density at radius 1 is 1.00 bits per heavy atom. The van der Waals surface area contributed by atoms with Crippen molar-refractivity contribution in [2.45, 2.75) is 44.9 Å². The summed E-state index contributed by atoms with van der Waals surface area (Å²) in [7, 11) is 1.43. The molecule has 2 aliphatic rings. The van der Waals surface area contributed by atoms with Crippen molar-refractivity contribution in [3.05, 3.63) is 0 Å². The fraction of sp³-hybridized carbons (Fsp3) is 0.875. The van der Waals surface area contributed by atoms with Crippen LogP contribution in [0.1, 0.15) is 44.9 Å². The van der Waals surface area contributed by atoms with Crippen LogP contribution in [0.2, 0.25) is 0 Å². The average molecular weight is 296 g/mol. The smallest absolute Gasteiger partial charge is 0.306 e. The number of hydrogen-bond acceptors (Lipinski definition) is 4. The number of carbonyl (C=O) groups is 2. The lowest BCUT2D eigenvalue weighted by molar-refractivity contribution is -0.141. The second kappa shape index (κ2) is 8.37. The lowest BCUT2D eigenvalue weighted by Gasteiger charge is -2.33. The second-order valence-corrected chi connectivity index (χ2v) is 6.18.